The van der Waals surface area contributed by atoms with Crippen molar-refractivity contribution in [2.24, 2.45) is 0 Å². The summed E-state index contributed by atoms with van der Waals surface area (Å²) in [7, 11) is 0. The minimum atomic E-state index is 0.00843. The van der Waals surface area contributed by atoms with Gasteiger partial charge in [-0.25, -0.2) is 0 Å². The van der Waals surface area contributed by atoms with Crippen LogP contribution in [0.1, 0.15) is 40.0 Å². The summed E-state index contributed by atoms with van der Waals surface area (Å²) in [6.07, 6.45) is 2.08. The van der Waals surface area contributed by atoms with E-state index in [0.717, 1.165) is 36.5 Å². The zero-order chi connectivity index (χ0) is 23.1. The molecule has 1 aromatic heterocycles. The Bertz CT molecular complexity index is 921. The summed E-state index contributed by atoms with van der Waals surface area (Å²) in [5.74, 6) is 0.824. The van der Waals surface area contributed by atoms with E-state index < -0.39 is 0 Å². The Morgan fingerprint density at radius 1 is 1.06 bits per heavy atom. The van der Waals surface area contributed by atoms with E-state index in [-0.39, 0.29) is 24.4 Å². The first-order valence-electron chi connectivity index (χ1n) is 11.3. The lowest BCUT2D eigenvalue weighted by Crippen LogP contribution is -2.47. The maximum absolute atomic E-state index is 13.0. The summed E-state index contributed by atoms with van der Waals surface area (Å²) in [6, 6.07) is 11.5. The zero-order valence-electron chi connectivity index (χ0n) is 19.1. The highest BCUT2D eigenvalue weighted by Crippen LogP contribution is 2.26. The molecule has 1 aliphatic rings. The number of anilines is 1. The highest BCUT2D eigenvalue weighted by Gasteiger charge is 2.25. The standard InChI is InChI=1S/C24H32ClN5O2/c1-4-18(3)30(23(31)5-2)17-24(32)29-14-8-13-28(15-16-29)22-12-11-21(26-27-22)19-9-6-7-10-20(19)25/h6-7,9-12,18H,4-5,8,13-17H2,1-3H3. The van der Waals surface area contributed by atoms with Crippen LogP contribution in [0.5, 0.6) is 0 Å². The number of rotatable bonds is 7. The van der Waals surface area contributed by atoms with Gasteiger partial charge >= 0.3 is 0 Å². The number of nitrogens with zero attached hydrogens (tertiary/aromatic N) is 5. The predicted octanol–water partition coefficient (Wildman–Crippen LogP) is 3.87. The molecule has 0 saturated carbocycles. The van der Waals surface area contributed by atoms with E-state index in [1.807, 2.05) is 62.1 Å². The minimum Gasteiger partial charge on any atom is -0.353 e. The molecule has 0 bridgehead atoms. The summed E-state index contributed by atoms with van der Waals surface area (Å²) in [5.41, 5.74) is 1.59. The first kappa shape index (κ1) is 24.0. The van der Waals surface area contributed by atoms with Crippen LogP contribution < -0.4 is 4.90 Å². The van der Waals surface area contributed by atoms with Crippen LogP contribution in [0.2, 0.25) is 5.02 Å². The molecule has 0 spiro atoms. The maximum atomic E-state index is 13.0. The molecule has 2 aromatic rings. The summed E-state index contributed by atoms with van der Waals surface area (Å²) in [5, 5.41) is 9.42. The third-order valence-electron chi connectivity index (χ3n) is 6.02. The fourth-order valence-corrected chi connectivity index (χ4v) is 4.09. The Labute approximate surface area is 195 Å². The topological polar surface area (TPSA) is 69.6 Å². The van der Waals surface area contributed by atoms with Crippen LogP contribution in [0.15, 0.2) is 36.4 Å². The van der Waals surface area contributed by atoms with Gasteiger partial charge in [0.05, 0.1) is 17.3 Å². The van der Waals surface area contributed by atoms with Crippen LogP contribution in [0.4, 0.5) is 5.82 Å². The van der Waals surface area contributed by atoms with Crippen LogP contribution in [-0.4, -0.2) is 70.6 Å². The summed E-state index contributed by atoms with van der Waals surface area (Å²) < 4.78 is 0. The molecule has 1 atom stereocenters. The molecule has 1 fully saturated rings. The third kappa shape index (κ3) is 5.76. The van der Waals surface area contributed by atoms with Crippen LogP contribution in [0.25, 0.3) is 11.3 Å². The van der Waals surface area contributed by atoms with E-state index in [9.17, 15) is 9.59 Å². The van der Waals surface area contributed by atoms with Crippen molar-refractivity contribution in [3.05, 3.63) is 41.4 Å². The molecule has 0 aliphatic carbocycles. The maximum Gasteiger partial charge on any atom is 0.242 e. The van der Waals surface area contributed by atoms with Crippen molar-refractivity contribution in [2.75, 3.05) is 37.6 Å². The van der Waals surface area contributed by atoms with E-state index in [2.05, 4.69) is 15.1 Å². The Kier molecular flexibility index (Phi) is 8.45. The van der Waals surface area contributed by atoms with Gasteiger partial charge in [0.15, 0.2) is 5.82 Å². The van der Waals surface area contributed by atoms with Gasteiger partial charge in [0.25, 0.3) is 0 Å². The lowest BCUT2D eigenvalue weighted by Gasteiger charge is -2.30. The average Bonchev–Trinajstić information content (AvgIpc) is 3.08. The monoisotopic (exact) mass is 457 g/mol. The number of carbonyl (C=O) groups is 2. The molecule has 32 heavy (non-hydrogen) atoms. The van der Waals surface area contributed by atoms with Gasteiger partial charge in [-0.05, 0) is 38.0 Å². The van der Waals surface area contributed by atoms with Crippen LogP contribution in [-0.2, 0) is 9.59 Å². The first-order valence-corrected chi connectivity index (χ1v) is 11.7. The van der Waals surface area contributed by atoms with Crippen molar-refractivity contribution in [1.29, 1.82) is 0 Å². The average molecular weight is 458 g/mol. The van der Waals surface area contributed by atoms with Crippen molar-refractivity contribution in [3.8, 4) is 11.3 Å². The second kappa shape index (κ2) is 11.3. The smallest absolute Gasteiger partial charge is 0.242 e. The molecular formula is C24H32ClN5O2. The molecule has 1 aliphatic heterocycles. The number of benzene rings is 1. The fourth-order valence-electron chi connectivity index (χ4n) is 3.86. The van der Waals surface area contributed by atoms with Gasteiger partial charge in [-0.3, -0.25) is 9.59 Å². The lowest BCUT2D eigenvalue weighted by atomic mass is 10.1. The Balaban J connectivity index is 1.63. The van der Waals surface area contributed by atoms with E-state index >= 15 is 0 Å². The van der Waals surface area contributed by atoms with Crippen LogP contribution >= 0.6 is 11.6 Å². The molecule has 1 aromatic carbocycles. The second-order valence-electron chi connectivity index (χ2n) is 8.11. The van der Waals surface area contributed by atoms with Gasteiger partial charge < -0.3 is 14.7 Å². The molecule has 1 unspecified atom stereocenters. The molecule has 2 amide bonds. The van der Waals surface area contributed by atoms with Gasteiger partial charge in [0.2, 0.25) is 11.8 Å². The first-order chi connectivity index (χ1) is 15.4. The lowest BCUT2D eigenvalue weighted by molar-refractivity contribution is -0.142. The zero-order valence-corrected chi connectivity index (χ0v) is 19.9. The van der Waals surface area contributed by atoms with Gasteiger partial charge in [-0.2, -0.15) is 0 Å². The number of hydrogen-bond acceptors (Lipinski definition) is 5. The fraction of sp³-hybridized carbons (Fsp3) is 0.500. The molecule has 0 N–H and O–H groups in total. The van der Waals surface area contributed by atoms with Gasteiger partial charge in [-0.1, -0.05) is 43.6 Å². The largest absolute Gasteiger partial charge is 0.353 e. The highest BCUT2D eigenvalue weighted by atomic mass is 35.5. The SMILES string of the molecule is CCC(=O)N(CC(=O)N1CCCN(c2ccc(-c3ccccc3Cl)nn2)CC1)C(C)CC. The predicted molar refractivity (Wildman–Crippen MR) is 128 cm³/mol. The Hall–Kier alpha value is -2.67. The number of carbonyl (C=O) groups excluding carboxylic acids is 2. The van der Waals surface area contributed by atoms with E-state index in [1.165, 1.54) is 0 Å². The van der Waals surface area contributed by atoms with Gasteiger partial charge in [0.1, 0.15) is 0 Å². The Morgan fingerprint density at radius 2 is 1.84 bits per heavy atom. The molecular weight excluding hydrogens is 426 g/mol. The third-order valence-corrected chi connectivity index (χ3v) is 6.35. The van der Waals surface area contributed by atoms with Gasteiger partial charge in [-0.15, -0.1) is 10.2 Å². The molecule has 8 heteroatoms. The van der Waals surface area contributed by atoms with Crippen molar-refractivity contribution in [3.63, 3.8) is 0 Å². The van der Waals surface area contributed by atoms with Crippen LogP contribution in [0.3, 0.4) is 0 Å². The number of amides is 2. The highest BCUT2D eigenvalue weighted by molar-refractivity contribution is 6.33. The Morgan fingerprint density at radius 3 is 2.50 bits per heavy atom. The molecule has 3 rings (SSSR count). The van der Waals surface area contributed by atoms with Crippen molar-refractivity contribution in [1.82, 2.24) is 20.0 Å². The second-order valence-corrected chi connectivity index (χ2v) is 8.52. The van der Waals surface area contributed by atoms with E-state index in [0.29, 0.717) is 31.1 Å². The molecule has 7 nitrogen and oxygen atoms in total. The summed E-state index contributed by atoms with van der Waals surface area (Å²) in [6.45, 7) is 8.77. The van der Waals surface area contributed by atoms with Crippen molar-refractivity contribution >= 4 is 29.2 Å². The number of halogens is 1. The molecule has 0 radical (unpaired) electrons. The molecule has 172 valence electrons. The van der Waals surface area contributed by atoms with Gasteiger partial charge in [0, 0.05) is 44.2 Å². The number of aromatic nitrogens is 2. The number of hydrogen-bond donors (Lipinski definition) is 0. The van der Waals surface area contributed by atoms with Crippen molar-refractivity contribution < 1.29 is 9.59 Å². The summed E-state index contributed by atoms with van der Waals surface area (Å²) in [4.78, 5) is 31.0. The van der Waals surface area contributed by atoms with E-state index in [1.54, 1.807) is 4.90 Å². The van der Waals surface area contributed by atoms with Crippen molar-refractivity contribution in [2.45, 2.75) is 46.1 Å². The molecule has 1 saturated heterocycles. The molecule has 2 heterocycles. The summed E-state index contributed by atoms with van der Waals surface area (Å²) >= 11 is 6.27. The van der Waals surface area contributed by atoms with Crippen LogP contribution in [0, 0.1) is 0 Å². The van der Waals surface area contributed by atoms with E-state index in [4.69, 9.17) is 11.6 Å². The quantitative estimate of drug-likeness (QED) is 0.631. The minimum absolute atomic E-state index is 0.00843. The normalized spacial score (nSPS) is 15.2.